The van der Waals surface area contributed by atoms with Crippen LogP contribution in [-0.2, 0) is 14.9 Å². The van der Waals surface area contributed by atoms with Gasteiger partial charge in [0, 0.05) is 31.7 Å². The maximum absolute atomic E-state index is 12.4. The first kappa shape index (κ1) is 22.5. The molecule has 0 aliphatic heterocycles. The van der Waals surface area contributed by atoms with Gasteiger partial charge in [-0.05, 0) is 26.2 Å². The summed E-state index contributed by atoms with van der Waals surface area (Å²) in [4.78, 5) is 29.8. The third-order valence-electron chi connectivity index (χ3n) is 4.19. The lowest BCUT2D eigenvalue weighted by molar-refractivity contribution is -0.143. The Morgan fingerprint density at radius 3 is 2.46 bits per heavy atom. The molecule has 1 rings (SSSR count). The molecule has 1 aromatic heterocycles. The van der Waals surface area contributed by atoms with Crippen molar-refractivity contribution in [3.63, 3.8) is 0 Å². The molecular formula is C18H32N4O3S. The molecule has 1 aromatic rings. The smallest absolute Gasteiger partial charge is 0.346 e. The highest BCUT2D eigenvalue weighted by Gasteiger charge is 2.27. The van der Waals surface area contributed by atoms with E-state index in [0.717, 1.165) is 31.4 Å². The van der Waals surface area contributed by atoms with Crippen LogP contribution in [0.3, 0.4) is 0 Å². The topological polar surface area (TPSA) is 77.3 Å². The van der Waals surface area contributed by atoms with Crippen LogP contribution in [0.15, 0.2) is 5.16 Å². The Balaban J connectivity index is 2.64. The van der Waals surface area contributed by atoms with Crippen LogP contribution >= 0.6 is 11.8 Å². The fourth-order valence-corrected chi connectivity index (χ4v) is 3.02. The van der Waals surface area contributed by atoms with Crippen LogP contribution in [-0.4, -0.2) is 58.1 Å². The molecule has 0 radical (unpaired) electrons. The van der Waals surface area contributed by atoms with Gasteiger partial charge < -0.3 is 9.64 Å². The van der Waals surface area contributed by atoms with Crippen molar-refractivity contribution in [2.75, 3.05) is 26.5 Å². The highest BCUT2D eigenvalue weighted by atomic mass is 32.2. The van der Waals surface area contributed by atoms with Crippen LogP contribution in [0.4, 0.5) is 4.79 Å². The van der Waals surface area contributed by atoms with E-state index in [1.54, 1.807) is 14.1 Å². The second-order valence-corrected chi connectivity index (χ2v) is 8.07. The number of hydrogen-bond donors (Lipinski definition) is 0. The molecule has 0 fully saturated rings. The zero-order valence-electron chi connectivity index (χ0n) is 16.9. The van der Waals surface area contributed by atoms with Crippen molar-refractivity contribution in [2.24, 2.45) is 0 Å². The standard InChI is InChI=1S/C18H32N4O3S/c1-7-18(3,4)15-19-16(22(20-15)17(24)21(5)6)26-13-11-9-10-12-14(23)25-8-2/h7-13H2,1-6H3. The van der Waals surface area contributed by atoms with Crippen LogP contribution in [0.1, 0.15) is 65.6 Å². The second kappa shape index (κ2) is 10.5. The lowest BCUT2D eigenvalue weighted by Crippen LogP contribution is -2.29. The molecule has 0 saturated carbocycles. The molecule has 0 spiro atoms. The van der Waals surface area contributed by atoms with Crippen LogP contribution < -0.4 is 0 Å². The first-order chi connectivity index (χ1) is 12.2. The van der Waals surface area contributed by atoms with Crippen molar-refractivity contribution in [3.8, 4) is 0 Å². The first-order valence-electron chi connectivity index (χ1n) is 9.20. The highest BCUT2D eigenvalue weighted by molar-refractivity contribution is 7.99. The highest BCUT2D eigenvalue weighted by Crippen LogP contribution is 2.27. The molecule has 0 bridgehead atoms. The Bertz CT molecular complexity index is 599. The number of carbonyl (C=O) groups is 2. The van der Waals surface area contributed by atoms with Gasteiger partial charge in [-0.3, -0.25) is 4.79 Å². The Morgan fingerprint density at radius 1 is 1.19 bits per heavy atom. The quantitative estimate of drug-likeness (QED) is 0.348. The summed E-state index contributed by atoms with van der Waals surface area (Å²) >= 11 is 1.53. The number of ether oxygens (including phenoxy) is 1. The molecule has 26 heavy (non-hydrogen) atoms. The molecule has 0 saturated heterocycles. The first-order valence-corrected chi connectivity index (χ1v) is 10.2. The third-order valence-corrected chi connectivity index (χ3v) is 5.21. The fourth-order valence-electron chi connectivity index (χ4n) is 2.09. The van der Waals surface area contributed by atoms with Crippen molar-refractivity contribution < 1.29 is 14.3 Å². The Hall–Kier alpha value is -1.57. The van der Waals surface area contributed by atoms with Crippen molar-refractivity contribution in [3.05, 3.63) is 5.82 Å². The summed E-state index contributed by atoms with van der Waals surface area (Å²) in [6.45, 7) is 8.49. The van der Waals surface area contributed by atoms with E-state index in [-0.39, 0.29) is 17.4 Å². The van der Waals surface area contributed by atoms with Gasteiger partial charge in [0.2, 0.25) is 0 Å². The van der Waals surface area contributed by atoms with Gasteiger partial charge >= 0.3 is 12.0 Å². The number of amides is 1. The number of unbranched alkanes of at least 4 members (excludes halogenated alkanes) is 2. The lowest BCUT2D eigenvalue weighted by atomic mass is 9.90. The minimum absolute atomic E-state index is 0.136. The van der Waals surface area contributed by atoms with E-state index in [2.05, 4.69) is 30.9 Å². The van der Waals surface area contributed by atoms with Gasteiger partial charge in [0.05, 0.1) is 6.61 Å². The van der Waals surface area contributed by atoms with Gasteiger partial charge in [-0.1, -0.05) is 39.0 Å². The molecule has 0 aliphatic rings. The zero-order chi connectivity index (χ0) is 19.7. The van der Waals surface area contributed by atoms with Crippen LogP contribution in [0, 0.1) is 0 Å². The number of esters is 1. The number of hydrogen-bond acceptors (Lipinski definition) is 6. The van der Waals surface area contributed by atoms with Crippen LogP contribution in [0.25, 0.3) is 0 Å². The minimum atomic E-state index is -0.194. The number of rotatable bonds is 10. The van der Waals surface area contributed by atoms with E-state index in [9.17, 15) is 9.59 Å². The molecule has 1 heterocycles. The monoisotopic (exact) mass is 384 g/mol. The molecule has 1 amide bonds. The summed E-state index contributed by atoms with van der Waals surface area (Å²) in [5.74, 6) is 1.39. The Labute approximate surface area is 160 Å². The van der Waals surface area contributed by atoms with Gasteiger partial charge in [-0.25, -0.2) is 9.78 Å². The summed E-state index contributed by atoms with van der Waals surface area (Å²) in [5.41, 5.74) is -0.174. The molecule has 0 unspecified atom stereocenters. The number of nitrogens with zero attached hydrogens (tertiary/aromatic N) is 4. The molecule has 0 aromatic carbocycles. The van der Waals surface area contributed by atoms with Crippen molar-refractivity contribution in [1.82, 2.24) is 19.7 Å². The lowest BCUT2D eigenvalue weighted by Gasteiger charge is -2.17. The fraction of sp³-hybridized carbons (Fsp3) is 0.778. The SMILES string of the molecule is CCOC(=O)CCCCCSc1nc(C(C)(C)CC)nn1C(=O)N(C)C. The number of thioether (sulfide) groups is 1. The van der Waals surface area contributed by atoms with Crippen molar-refractivity contribution >= 4 is 23.8 Å². The molecule has 7 nitrogen and oxygen atoms in total. The minimum Gasteiger partial charge on any atom is -0.466 e. The largest absolute Gasteiger partial charge is 0.466 e. The summed E-state index contributed by atoms with van der Waals surface area (Å²) in [6, 6.07) is -0.194. The van der Waals surface area contributed by atoms with Crippen molar-refractivity contribution in [1.29, 1.82) is 0 Å². The van der Waals surface area contributed by atoms with E-state index in [1.165, 1.54) is 21.3 Å². The molecule has 8 heteroatoms. The predicted molar refractivity (Wildman–Crippen MR) is 104 cm³/mol. The van der Waals surface area contributed by atoms with Gasteiger partial charge in [0.15, 0.2) is 11.0 Å². The summed E-state index contributed by atoms with van der Waals surface area (Å²) in [7, 11) is 3.41. The molecule has 0 atom stereocenters. The van der Waals surface area contributed by atoms with E-state index in [1.807, 2.05) is 6.92 Å². The molecule has 0 N–H and O–H groups in total. The van der Waals surface area contributed by atoms with E-state index < -0.39 is 0 Å². The van der Waals surface area contributed by atoms with E-state index in [0.29, 0.717) is 24.0 Å². The second-order valence-electron chi connectivity index (χ2n) is 7.01. The van der Waals surface area contributed by atoms with Crippen molar-refractivity contribution in [2.45, 2.75) is 70.4 Å². The van der Waals surface area contributed by atoms with Gasteiger partial charge in [-0.15, -0.1) is 5.10 Å². The molecule has 0 aliphatic carbocycles. The van der Waals surface area contributed by atoms with Gasteiger partial charge in [0.1, 0.15) is 0 Å². The molecular weight excluding hydrogens is 352 g/mol. The summed E-state index contributed by atoms with van der Waals surface area (Å²) in [5, 5.41) is 5.10. The summed E-state index contributed by atoms with van der Waals surface area (Å²) < 4.78 is 6.32. The Kier molecular flexibility index (Phi) is 9.12. The molecule has 148 valence electrons. The normalized spacial score (nSPS) is 11.5. The summed E-state index contributed by atoms with van der Waals surface area (Å²) in [6.07, 6.45) is 4.05. The average Bonchev–Trinajstić information content (AvgIpc) is 3.02. The Morgan fingerprint density at radius 2 is 1.88 bits per heavy atom. The van der Waals surface area contributed by atoms with Gasteiger partial charge in [-0.2, -0.15) is 4.68 Å². The average molecular weight is 385 g/mol. The predicted octanol–water partition coefficient (Wildman–Crippen LogP) is 3.71. The van der Waals surface area contributed by atoms with Crippen LogP contribution in [0.5, 0.6) is 0 Å². The number of carbonyl (C=O) groups excluding carboxylic acids is 2. The van der Waals surface area contributed by atoms with Gasteiger partial charge in [0.25, 0.3) is 0 Å². The van der Waals surface area contributed by atoms with E-state index in [4.69, 9.17) is 4.74 Å². The number of aromatic nitrogens is 3. The zero-order valence-corrected chi connectivity index (χ0v) is 17.7. The van der Waals surface area contributed by atoms with Crippen LogP contribution in [0.2, 0.25) is 0 Å². The third kappa shape index (κ3) is 6.63. The maximum Gasteiger partial charge on any atom is 0.346 e. The maximum atomic E-state index is 12.4. The van der Waals surface area contributed by atoms with E-state index >= 15 is 0 Å².